The van der Waals surface area contributed by atoms with Crippen molar-refractivity contribution in [2.24, 2.45) is 0 Å². The van der Waals surface area contributed by atoms with Crippen molar-refractivity contribution in [3.63, 3.8) is 0 Å². The Kier molecular flexibility index (Phi) is 7.28. The number of fused-ring (bicyclic) bond motifs is 1. The third-order valence-corrected chi connectivity index (χ3v) is 8.34. The summed E-state index contributed by atoms with van der Waals surface area (Å²) in [6.07, 6.45) is 2.11. The Labute approximate surface area is 246 Å². The van der Waals surface area contributed by atoms with Gasteiger partial charge in [0, 0.05) is 47.3 Å². The molecule has 0 saturated carbocycles. The van der Waals surface area contributed by atoms with Gasteiger partial charge in [0.1, 0.15) is 0 Å². The van der Waals surface area contributed by atoms with Gasteiger partial charge in [-0.1, -0.05) is 60.7 Å². The molecule has 0 unspecified atom stereocenters. The normalized spacial score (nSPS) is 16.7. The van der Waals surface area contributed by atoms with E-state index in [9.17, 15) is 4.79 Å². The number of para-hydroxylation sites is 1. The predicted octanol–water partition coefficient (Wildman–Crippen LogP) is 6.95. The summed E-state index contributed by atoms with van der Waals surface area (Å²) in [7, 11) is 0. The van der Waals surface area contributed by atoms with Gasteiger partial charge in [-0.2, -0.15) is 0 Å². The van der Waals surface area contributed by atoms with Crippen molar-refractivity contribution in [2.75, 3.05) is 11.9 Å². The van der Waals surface area contributed by atoms with Crippen molar-refractivity contribution in [2.45, 2.75) is 39.3 Å². The van der Waals surface area contributed by atoms with Crippen molar-refractivity contribution in [3.05, 3.63) is 125 Å². The van der Waals surface area contributed by atoms with Gasteiger partial charge in [-0.25, -0.2) is 0 Å². The lowest BCUT2D eigenvalue weighted by Crippen LogP contribution is -2.33. The van der Waals surface area contributed by atoms with Crippen LogP contribution in [0.2, 0.25) is 0 Å². The predicted molar refractivity (Wildman–Crippen MR) is 169 cm³/mol. The molecule has 3 aromatic carbocycles. The van der Waals surface area contributed by atoms with E-state index >= 15 is 0 Å². The Hall–Kier alpha value is -4.49. The molecule has 7 heteroatoms. The van der Waals surface area contributed by atoms with E-state index in [0.29, 0.717) is 18.1 Å². The highest BCUT2D eigenvalue weighted by atomic mass is 32.1. The van der Waals surface area contributed by atoms with E-state index in [1.54, 1.807) is 0 Å². The standard InChI is InChI=1S/C34H33N5OS/c1-22-11-4-7-17-30(22)39-23(2)21-27(24(39)3)33-32(29-15-8-9-19-35-29)37-34(41)38(33)20-18-31(40)36-28-16-10-13-25-12-5-6-14-26(25)28/h4-17,19,21,32-33H,18,20H2,1-3H3,(H,36,40)(H,37,41)/t32-,33-/m1/s1. The smallest absolute Gasteiger partial charge is 0.226 e. The quantitative estimate of drug-likeness (QED) is 0.211. The number of aromatic nitrogens is 2. The molecule has 6 nitrogen and oxygen atoms in total. The van der Waals surface area contributed by atoms with Gasteiger partial charge in [0.15, 0.2) is 5.11 Å². The second-order valence-electron chi connectivity index (χ2n) is 10.6. The Balaban J connectivity index is 1.32. The zero-order valence-corrected chi connectivity index (χ0v) is 24.3. The fraction of sp³-hybridized carbons (Fsp3) is 0.206. The molecule has 1 amide bonds. The third-order valence-electron chi connectivity index (χ3n) is 7.99. The number of carbonyl (C=O) groups excluding carboxylic acids is 1. The minimum absolute atomic E-state index is 0.0467. The van der Waals surface area contributed by atoms with Crippen LogP contribution in [-0.2, 0) is 4.79 Å². The summed E-state index contributed by atoms with van der Waals surface area (Å²) in [6, 6.07) is 30.4. The van der Waals surface area contributed by atoms with E-state index in [-0.39, 0.29) is 18.0 Å². The van der Waals surface area contributed by atoms with Gasteiger partial charge in [0.25, 0.3) is 0 Å². The maximum absolute atomic E-state index is 13.2. The maximum atomic E-state index is 13.2. The van der Waals surface area contributed by atoms with Crippen molar-refractivity contribution < 1.29 is 4.79 Å². The van der Waals surface area contributed by atoms with Crippen LogP contribution >= 0.6 is 12.2 Å². The van der Waals surface area contributed by atoms with Crippen molar-refractivity contribution in [3.8, 4) is 5.69 Å². The number of rotatable bonds is 7. The Morgan fingerprint density at radius 1 is 0.951 bits per heavy atom. The molecule has 0 radical (unpaired) electrons. The number of hydrogen-bond donors (Lipinski definition) is 2. The molecule has 41 heavy (non-hydrogen) atoms. The molecule has 2 atom stereocenters. The van der Waals surface area contributed by atoms with Crippen LogP contribution in [0.4, 0.5) is 5.69 Å². The molecule has 6 rings (SSSR count). The van der Waals surface area contributed by atoms with Crippen molar-refractivity contribution in [1.29, 1.82) is 0 Å². The average Bonchev–Trinajstić information content (AvgIpc) is 3.47. The summed E-state index contributed by atoms with van der Waals surface area (Å²) in [5.74, 6) is -0.0467. The summed E-state index contributed by atoms with van der Waals surface area (Å²) >= 11 is 5.89. The summed E-state index contributed by atoms with van der Waals surface area (Å²) < 4.78 is 2.31. The molecule has 1 aliphatic heterocycles. The molecule has 5 aromatic rings. The fourth-order valence-corrected chi connectivity index (χ4v) is 6.36. The Morgan fingerprint density at radius 2 is 1.71 bits per heavy atom. The number of anilines is 1. The number of carbonyl (C=O) groups is 1. The van der Waals surface area contributed by atoms with Gasteiger partial charge < -0.3 is 20.1 Å². The highest BCUT2D eigenvalue weighted by Crippen LogP contribution is 2.41. The van der Waals surface area contributed by atoms with E-state index < -0.39 is 0 Å². The first-order chi connectivity index (χ1) is 19.9. The van der Waals surface area contributed by atoms with E-state index in [1.165, 1.54) is 11.1 Å². The molecular weight excluding hydrogens is 526 g/mol. The minimum atomic E-state index is -0.143. The van der Waals surface area contributed by atoms with Crippen molar-refractivity contribution in [1.82, 2.24) is 19.8 Å². The molecule has 0 aliphatic carbocycles. The largest absolute Gasteiger partial charge is 0.352 e. The lowest BCUT2D eigenvalue weighted by Gasteiger charge is -2.28. The van der Waals surface area contributed by atoms with E-state index in [0.717, 1.165) is 39.2 Å². The summed E-state index contributed by atoms with van der Waals surface area (Å²) in [6.45, 7) is 6.92. The number of nitrogens with zero attached hydrogens (tertiary/aromatic N) is 3. The zero-order valence-electron chi connectivity index (χ0n) is 23.5. The van der Waals surface area contributed by atoms with Gasteiger partial charge in [-0.3, -0.25) is 9.78 Å². The molecule has 0 spiro atoms. The number of aryl methyl sites for hydroxylation is 2. The van der Waals surface area contributed by atoms with Crippen LogP contribution in [-0.4, -0.2) is 32.0 Å². The van der Waals surface area contributed by atoms with Crippen LogP contribution in [0.3, 0.4) is 0 Å². The van der Waals surface area contributed by atoms with Crippen molar-refractivity contribution >= 4 is 39.7 Å². The molecule has 2 aromatic heterocycles. The Morgan fingerprint density at radius 3 is 2.51 bits per heavy atom. The second-order valence-corrected chi connectivity index (χ2v) is 11.0. The van der Waals surface area contributed by atoms with Gasteiger partial charge in [0.05, 0.1) is 17.8 Å². The first kappa shape index (κ1) is 26.7. The average molecular weight is 560 g/mol. The van der Waals surface area contributed by atoms with Crippen LogP contribution in [0.5, 0.6) is 0 Å². The van der Waals surface area contributed by atoms with E-state index in [1.807, 2.05) is 54.7 Å². The molecule has 206 valence electrons. The maximum Gasteiger partial charge on any atom is 0.226 e. The van der Waals surface area contributed by atoms with Gasteiger partial charge >= 0.3 is 0 Å². The number of benzene rings is 3. The topological polar surface area (TPSA) is 62.2 Å². The van der Waals surface area contributed by atoms with Crippen LogP contribution in [0.15, 0.2) is 97.2 Å². The van der Waals surface area contributed by atoms with Crippen LogP contribution in [0.25, 0.3) is 16.5 Å². The lowest BCUT2D eigenvalue weighted by atomic mass is 9.96. The summed E-state index contributed by atoms with van der Waals surface area (Å²) in [5.41, 5.74) is 7.59. The third kappa shape index (κ3) is 5.09. The summed E-state index contributed by atoms with van der Waals surface area (Å²) in [4.78, 5) is 20.1. The molecular formula is C34H33N5OS. The highest BCUT2D eigenvalue weighted by Gasteiger charge is 2.41. The number of nitrogens with one attached hydrogen (secondary N) is 2. The molecule has 2 N–H and O–H groups in total. The Bertz CT molecular complexity index is 1740. The van der Waals surface area contributed by atoms with Crippen LogP contribution in [0.1, 0.15) is 46.7 Å². The van der Waals surface area contributed by atoms with Gasteiger partial charge in [-0.15, -0.1) is 0 Å². The molecule has 0 bridgehead atoms. The number of thiocarbonyl (C=S) groups is 1. The minimum Gasteiger partial charge on any atom is -0.352 e. The van der Waals surface area contributed by atoms with Crippen LogP contribution < -0.4 is 10.6 Å². The molecule has 1 saturated heterocycles. The molecule has 1 fully saturated rings. The second kappa shape index (κ2) is 11.2. The number of pyridine rings is 1. The first-order valence-electron chi connectivity index (χ1n) is 13.9. The monoisotopic (exact) mass is 559 g/mol. The summed E-state index contributed by atoms with van der Waals surface area (Å²) in [5, 5.41) is 9.41. The number of hydrogen-bond acceptors (Lipinski definition) is 3. The molecule has 1 aliphatic rings. The first-order valence-corrected chi connectivity index (χ1v) is 14.3. The van der Waals surface area contributed by atoms with E-state index in [2.05, 4.69) is 88.3 Å². The zero-order chi connectivity index (χ0) is 28.5. The lowest BCUT2D eigenvalue weighted by molar-refractivity contribution is -0.116. The molecule has 3 heterocycles. The highest BCUT2D eigenvalue weighted by molar-refractivity contribution is 7.80. The fourth-order valence-electron chi connectivity index (χ4n) is 6.03. The van der Waals surface area contributed by atoms with Gasteiger partial charge in [-0.05, 0) is 79.8 Å². The SMILES string of the molecule is Cc1ccccc1-n1c(C)cc([C@@H]2[C@@H](c3ccccn3)NC(=S)N2CCC(=O)Nc2cccc3ccccc23)c1C. The number of amides is 1. The van der Waals surface area contributed by atoms with E-state index in [4.69, 9.17) is 12.2 Å². The van der Waals surface area contributed by atoms with Gasteiger partial charge in [0.2, 0.25) is 5.91 Å². The van der Waals surface area contributed by atoms with Crippen LogP contribution in [0, 0.1) is 20.8 Å².